The summed E-state index contributed by atoms with van der Waals surface area (Å²) in [6, 6.07) is 3.69. The molecule has 1 heterocycles. The molecule has 8 heteroatoms. The number of aliphatic hydroxyl groups is 1. The molecule has 0 radical (unpaired) electrons. The van der Waals surface area contributed by atoms with Crippen molar-refractivity contribution in [2.24, 2.45) is 5.73 Å². The Morgan fingerprint density at radius 2 is 2.28 bits per heavy atom. The summed E-state index contributed by atoms with van der Waals surface area (Å²) in [6.07, 6.45) is 0.279. The van der Waals surface area contributed by atoms with Crippen molar-refractivity contribution in [3.63, 3.8) is 0 Å². The van der Waals surface area contributed by atoms with Gasteiger partial charge in [-0.15, -0.1) is 0 Å². The first kappa shape index (κ1) is 14.5. The number of pyridine rings is 1. The van der Waals surface area contributed by atoms with Gasteiger partial charge in [0.05, 0.1) is 6.10 Å². The fourth-order valence-corrected chi connectivity index (χ4v) is 2.08. The van der Waals surface area contributed by atoms with Crippen LogP contribution in [0.25, 0.3) is 0 Å². The Morgan fingerprint density at radius 3 is 2.72 bits per heavy atom. The number of aromatic nitrogens is 1. The number of aliphatic hydroxyl groups excluding tert-OH is 1. The molecule has 0 fully saturated rings. The van der Waals surface area contributed by atoms with E-state index in [0.717, 1.165) is 6.20 Å². The largest absolute Gasteiger partial charge is 0.392 e. The van der Waals surface area contributed by atoms with Crippen molar-refractivity contribution in [2.45, 2.75) is 24.0 Å². The van der Waals surface area contributed by atoms with Crippen LogP contribution >= 0.6 is 0 Å². The Hall–Kier alpha value is -1.53. The van der Waals surface area contributed by atoms with Gasteiger partial charge in [-0.05, 0) is 19.1 Å². The van der Waals surface area contributed by atoms with E-state index in [1.807, 2.05) is 0 Å². The lowest BCUT2D eigenvalue weighted by Gasteiger charge is -2.15. The number of rotatable bonds is 5. The molecule has 0 aliphatic carbocycles. The van der Waals surface area contributed by atoms with E-state index < -0.39 is 22.2 Å². The van der Waals surface area contributed by atoms with E-state index in [9.17, 15) is 8.42 Å². The third kappa shape index (κ3) is 3.75. The van der Waals surface area contributed by atoms with E-state index in [1.165, 1.54) is 19.1 Å². The monoisotopic (exact) mass is 270 g/mol. The molecule has 1 rings (SSSR count). The van der Waals surface area contributed by atoms with Gasteiger partial charge in [0.25, 0.3) is 0 Å². The zero-order valence-corrected chi connectivity index (χ0v) is 10.6. The van der Waals surface area contributed by atoms with Gasteiger partial charge in [-0.1, -0.05) is 0 Å². The topological polar surface area (TPSA) is 129 Å². The molecule has 1 aromatic heterocycles. The lowest BCUT2D eigenvalue weighted by molar-refractivity contribution is 0.164. The van der Waals surface area contributed by atoms with Gasteiger partial charge in [0, 0.05) is 18.8 Å². The standard InChI is InChI=1S/C10H14N4O3S/c1-7(15)10(12)6-14-18(16,17)9-3-2-8(4-11)13-5-9/h2-3,5,7,10,14-15H,6,12H2,1H3. The second-order valence-electron chi connectivity index (χ2n) is 3.75. The summed E-state index contributed by atoms with van der Waals surface area (Å²) < 4.78 is 25.8. The molecular weight excluding hydrogens is 256 g/mol. The molecule has 4 N–H and O–H groups in total. The SMILES string of the molecule is CC(O)C(N)CNS(=O)(=O)c1ccc(C#N)nc1. The second-order valence-corrected chi connectivity index (χ2v) is 5.51. The number of sulfonamides is 1. The summed E-state index contributed by atoms with van der Waals surface area (Å²) >= 11 is 0. The summed E-state index contributed by atoms with van der Waals surface area (Å²) in [5.41, 5.74) is 5.65. The molecule has 0 spiro atoms. The lowest BCUT2D eigenvalue weighted by Crippen LogP contribution is -2.43. The number of nitrogens with two attached hydrogens (primary N) is 1. The van der Waals surface area contributed by atoms with Crippen molar-refractivity contribution in [2.75, 3.05) is 6.54 Å². The first-order chi connectivity index (χ1) is 8.36. The van der Waals surface area contributed by atoms with Crippen LogP contribution in [-0.4, -0.2) is 37.2 Å². The van der Waals surface area contributed by atoms with Gasteiger partial charge in [-0.25, -0.2) is 18.1 Å². The predicted octanol–water partition coefficient (Wildman–Crippen LogP) is -1.06. The number of nitrogens with one attached hydrogen (secondary N) is 1. The van der Waals surface area contributed by atoms with Crippen molar-refractivity contribution in [3.8, 4) is 6.07 Å². The van der Waals surface area contributed by atoms with Crippen molar-refractivity contribution < 1.29 is 13.5 Å². The summed E-state index contributed by atoms with van der Waals surface area (Å²) in [4.78, 5) is 3.61. The molecule has 0 aliphatic heterocycles. The molecule has 0 aliphatic rings. The molecular formula is C10H14N4O3S. The first-order valence-corrected chi connectivity index (χ1v) is 6.64. The van der Waals surface area contributed by atoms with Crippen molar-refractivity contribution in [3.05, 3.63) is 24.0 Å². The van der Waals surface area contributed by atoms with Gasteiger partial charge in [-0.3, -0.25) is 0 Å². The highest BCUT2D eigenvalue weighted by Crippen LogP contribution is 2.07. The van der Waals surface area contributed by atoms with Crippen LogP contribution in [0, 0.1) is 11.3 Å². The zero-order chi connectivity index (χ0) is 13.8. The molecule has 7 nitrogen and oxygen atoms in total. The minimum atomic E-state index is -3.73. The number of hydrogen-bond donors (Lipinski definition) is 3. The van der Waals surface area contributed by atoms with E-state index >= 15 is 0 Å². The Kier molecular flexibility index (Phi) is 4.75. The maximum atomic E-state index is 11.8. The highest BCUT2D eigenvalue weighted by molar-refractivity contribution is 7.89. The summed E-state index contributed by atoms with van der Waals surface area (Å²) in [5, 5.41) is 17.7. The Balaban J connectivity index is 2.77. The number of hydrogen-bond acceptors (Lipinski definition) is 6. The number of nitriles is 1. The minimum Gasteiger partial charge on any atom is -0.392 e. The van der Waals surface area contributed by atoms with Gasteiger partial charge in [0.1, 0.15) is 16.7 Å². The Morgan fingerprint density at radius 1 is 1.61 bits per heavy atom. The Bertz CT molecular complexity index is 533. The lowest BCUT2D eigenvalue weighted by atomic mass is 10.2. The molecule has 98 valence electrons. The quantitative estimate of drug-likeness (QED) is 0.625. The molecule has 0 saturated carbocycles. The fraction of sp³-hybridized carbons (Fsp3) is 0.400. The van der Waals surface area contributed by atoms with Gasteiger partial charge in [0.15, 0.2) is 0 Å². The molecule has 1 aromatic rings. The molecule has 0 aromatic carbocycles. The average molecular weight is 270 g/mol. The summed E-state index contributed by atoms with van der Waals surface area (Å²) in [5.74, 6) is 0. The van der Waals surface area contributed by atoms with E-state index in [2.05, 4.69) is 9.71 Å². The van der Waals surface area contributed by atoms with Crippen molar-refractivity contribution in [1.29, 1.82) is 5.26 Å². The third-order valence-corrected chi connectivity index (χ3v) is 3.70. The third-order valence-electron chi connectivity index (χ3n) is 2.29. The second kappa shape index (κ2) is 5.88. The van der Waals surface area contributed by atoms with Crippen molar-refractivity contribution in [1.82, 2.24) is 9.71 Å². The van der Waals surface area contributed by atoms with Gasteiger partial charge in [-0.2, -0.15) is 5.26 Å². The molecule has 18 heavy (non-hydrogen) atoms. The van der Waals surface area contributed by atoms with E-state index in [1.54, 1.807) is 6.07 Å². The van der Waals surface area contributed by atoms with E-state index in [0.29, 0.717) is 0 Å². The van der Waals surface area contributed by atoms with Crippen LogP contribution in [0.5, 0.6) is 0 Å². The first-order valence-electron chi connectivity index (χ1n) is 5.16. The van der Waals surface area contributed by atoms with Gasteiger partial charge < -0.3 is 10.8 Å². The smallest absolute Gasteiger partial charge is 0.242 e. The number of nitrogens with zero attached hydrogens (tertiary/aromatic N) is 2. The van der Waals surface area contributed by atoms with E-state index in [4.69, 9.17) is 16.1 Å². The summed E-state index contributed by atoms with van der Waals surface area (Å²) in [6.45, 7) is 1.39. The fourth-order valence-electron chi connectivity index (χ4n) is 1.07. The van der Waals surface area contributed by atoms with Crippen LogP contribution < -0.4 is 10.5 Å². The van der Waals surface area contributed by atoms with Crippen LogP contribution in [0.3, 0.4) is 0 Å². The summed E-state index contributed by atoms with van der Waals surface area (Å²) in [7, 11) is -3.73. The highest BCUT2D eigenvalue weighted by atomic mass is 32.2. The maximum absolute atomic E-state index is 11.8. The predicted molar refractivity (Wildman–Crippen MR) is 63.8 cm³/mol. The molecule has 0 amide bonds. The van der Waals surface area contributed by atoms with Crippen LogP contribution in [0.1, 0.15) is 12.6 Å². The molecule has 2 unspecified atom stereocenters. The minimum absolute atomic E-state index is 0.0562. The van der Waals surface area contributed by atoms with E-state index in [-0.39, 0.29) is 17.1 Å². The molecule has 0 saturated heterocycles. The Labute approximate surface area is 105 Å². The average Bonchev–Trinajstić information content (AvgIpc) is 2.36. The van der Waals surface area contributed by atoms with Crippen LogP contribution in [0.4, 0.5) is 0 Å². The van der Waals surface area contributed by atoms with Gasteiger partial charge in [0.2, 0.25) is 10.0 Å². The van der Waals surface area contributed by atoms with Crippen LogP contribution in [0.2, 0.25) is 0 Å². The normalized spacial score (nSPS) is 14.8. The van der Waals surface area contributed by atoms with Crippen LogP contribution in [0.15, 0.2) is 23.2 Å². The highest BCUT2D eigenvalue weighted by Gasteiger charge is 2.17. The molecule has 0 bridgehead atoms. The maximum Gasteiger partial charge on any atom is 0.242 e. The zero-order valence-electron chi connectivity index (χ0n) is 9.74. The van der Waals surface area contributed by atoms with Crippen LogP contribution in [-0.2, 0) is 10.0 Å². The van der Waals surface area contributed by atoms with Gasteiger partial charge >= 0.3 is 0 Å². The molecule has 2 atom stereocenters. The van der Waals surface area contributed by atoms with Crippen molar-refractivity contribution >= 4 is 10.0 Å².